The normalized spacial score (nSPS) is 10.5. The molecule has 0 atom stereocenters. The van der Waals surface area contributed by atoms with Gasteiger partial charge in [-0.25, -0.2) is 0 Å². The Kier molecular flexibility index (Phi) is 11.3. The number of hydrogen-bond donors (Lipinski definition) is 2. The first-order chi connectivity index (χ1) is 9.13. The number of amides is 2. The zero-order valence-corrected chi connectivity index (χ0v) is 12.8. The van der Waals surface area contributed by atoms with Gasteiger partial charge in [0.05, 0.1) is 0 Å². The second-order valence-corrected chi connectivity index (χ2v) is 5.01. The molecular weight excluding hydrogens is 240 g/mol. The molecule has 0 aromatic rings. The van der Waals surface area contributed by atoms with Crippen LogP contribution < -0.4 is 10.6 Å². The smallest absolute Gasteiger partial charge is 0.221 e. The van der Waals surface area contributed by atoms with Gasteiger partial charge < -0.3 is 10.6 Å². The van der Waals surface area contributed by atoms with Crippen LogP contribution in [0.2, 0.25) is 0 Å². The van der Waals surface area contributed by atoms with Crippen molar-refractivity contribution in [2.24, 2.45) is 0 Å². The molecule has 0 aliphatic rings. The van der Waals surface area contributed by atoms with Crippen molar-refractivity contribution in [2.75, 3.05) is 0 Å². The Labute approximate surface area is 117 Å². The van der Waals surface area contributed by atoms with Crippen molar-refractivity contribution in [1.82, 2.24) is 10.6 Å². The number of rotatable bonds is 11. The number of hydrogen-bond acceptors (Lipinski definition) is 2. The predicted octanol–water partition coefficient (Wildman–Crippen LogP) is 3.12. The summed E-state index contributed by atoms with van der Waals surface area (Å²) in [5.41, 5.74) is 0. The molecule has 2 N–H and O–H groups in total. The molecule has 0 aliphatic carbocycles. The molecule has 0 bridgehead atoms. The van der Waals surface area contributed by atoms with Gasteiger partial charge in [-0.1, -0.05) is 46.5 Å². The molecule has 0 saturated carbocycles. The lowest BCUT2D eigenvalue weighted by atomic mass is 10.2. The quantitative estimate of drug-likeness (QED) is 0.447. The SMILES string of the molecule is CCCCCC(=O)NC(CC)NC(=O)CCCCC. The molecule has 19 heavy (non-hydrogen) atoms. The van der Waals surface area contributed by atoms with Crippen LogP contribution >= 0.6 is 0 Å². The molecule has 0 radical (unpaired) electrons. The molecule has 0 aliphatic heterocycles. The molecular formula is C15H30N2O2. The van der Waals surface area contributed by atoms with Crippen molar-refractivity contribution >= 4 is 11.8 Å². The second kappa shape index (κ2) is 12.0. The van der Waals surface area contributed by atoms with Crippen LogP contribution in [0.25, 0.3) is 0 Å². The summed E-state index contributed by atoms with van der Waals surface area (Å²) in [7, 11) is 0. The van der Waals surface area contributed by atoms with E-state index in [2.05, 4.69) is 24.5 Å². The van der Waals surface area contributed by atoms with E-state index in [0.717, 1.165) is 44.9 Å². The zero-order valence-electron chi connectivity index (χ0n) is 12.8. The van der Waals surface area contributed by atoms with E-state index in [1.807, 2.05) is 6.92 Å². The maximum atomic E-state index is 11.7. The average Bonchev–Trinajstić information content (AvgIpc) is 2.38. The van der Waals surface area contributed by atoms with E-state index in [9.17, 15) is 9.59 Å². The summed E-state index contributed by atoms with van der Waals surface area (Å²) >= 11 is 0. The first-order valence-corrected chi connectivity index (χ1v) is 7.72. The zero-order chi connectivity index (χ0) is 14.5. The largest absolute Gasteiger partial charge is 0.336 e. The highest BCUT2D eigenvalue weighted by Gasteiger charge is 2.12. The van der Waals surface area contributed by atoms with Crippen molar-refractivity contribution in [3.8, 4) is 0 Å². The lowest BCUT2D eigenvalue weighted by Crippen LogP contribution is -2.47. The maximum absolute atomic E-state index is 11.7. The van der Waals surface area contributed by atoms with E-state index in [1.165, 1.54) is 0 Å². The van der Waals surface area contributed by atoms with Gasteiger partial charge in [-0.05, 0) is 19.3 Å². The van der Waals surface area contributed by atoms with Crippen molar-refractivity contribution in [1.29, 1.82) is 0 Å². The third kappa shape index (κ3) is 10.5. The second-order valence-electron chi connectivity index (χ2n) is 5.01. The van der Waals surface area contributed by atoms with Gasteiger partial charge in [0, 0.05) is 12.8 Å². The minimum atomic E-state index is -0.219. The van der Waals surface area contributed by atoms with Crippen molar-refractivity contribution in [3.05, 3.63) is 0 Å². The standard InChI is InChI=1S/C15H30N2O2/c1-4-7-9-11-14(18)16-13(6-3)17-15(19)12-10-8-5-2/h13H,4-12H2,1-3H3,(H,16,18)(H,17,19). The van der Waals surface area contributed by atoms with Gasteiger partial charge in [0.2, 0.25) is 11.8 Å². The van der Waals surface area contributed by atoms with E-state index in [-0.39, 0.29) is 18.0 Å². The van der Waals surface area contributed by atoms with E-state index in [0.29, 0.717) is 12.8 Å². The third-order valence-electron chi connectivity index (χ3n) is 3.09. The Hall–Kier alpha value is -1.06. The summed E-state index contributed by atoms with van der Waals surface area (Å²) in [6, 6.07) is 0. The van der Waals surface area contributed by atoms with Gasteiger partial charge in [-0.15, -0.1) is 0 Å². The Morgan fingerprint density at radius 3 is 1.53 bits per heavy atom. The Morgan fingerprint density at radius 2 is 1.21 bits per heavy atom. The van der Waals surface area contributed by atoms with E-state index in [4.69, 9.17) is 0 Å². The fraction of sp³-hybridized carbons (Fsp3) is 0.867. The van der Waals surface area contributed by atoms with Crippen molar-refractivity contribution in [3.63, 3.8) is 0 Å². The fourth-order valence-corrected chi connectivity index (χ4v) is 1.84. The molecule has 4 nitrogen and oxygen atoms in total. The lowest BCUT2D eigenvalue weighted by Gasteiger charge is -2.18. The van der Waals surface area contributed by atoms with Crippen LogP contribution in [0, 0.1) is 0 Å². The highest BCUT2D eigenvalue weighted by molar-refractivity contribution is 5.79. The molecule has 2 amide bonds. The summed E-state index contributed by atoms with van der Waals surface area (Å²) < 4.78 is 0. The number of carbonyl (C=O) groups is 2. The van der Waals surface area contributed by atoms with Gasteiger partial charge >= 0.3 is 0 Å². The minimum Gasteiger partial charge on any atom is -0.336 e. The van der Waals surface area contributed by atoms with Crippen LogP contribution in [0.1, 0.15) is 78.6 Å². The molecule has 112 valence electrons. The lowest BCUT2D eigenvalue weighted by molar-refractivity contribution is -0.124. The average molecular weight is 270 g/mol. The molecule has 0 fully saturated rings. The molecule has 0 unspecified atom stereocenters. The van der Waals surface area contributed by atoms with Crippen LogP contribution in [-0.4, -0.2) is 18.0 Å². The topological polar surface area (TPSA) is 58.2 Å². The fourth-order valence-electron chi connectivity index (χ4n) is 1.84. The highest BCUT2D eigenvalue weighted by Crippen LogP contribution is 2.01. The van der Waals surface area contributed by atoms with Crippen LogP contribution in [0.5, 0.6) is 0 Å². The van der Waals surface area contributed by atoms with Gasteiger partial charge in [0.1, 0.15) is 6.17 Å². The maximum Gasteiger partial charge on any atom is 0.221 e. The van der Waals surface area contributed by atoms with Gasteiger partial charge in [0.15, 0.2) is 0 Å². The highest BCUT2D eigenvalue weighted by atomic mass is 16.2. The summed E-state index contributed by atoms with van der Waals surface area (Å²) in [4.78, 5) is 23.3. The summed E-state index contributed by atoms with van der Waals surface area (Å²) in [5.74, 6) is 0.0725. The Morgan fingerprint density at radius 1 is 0.789 bits per heavy atom. The van der Waals surface area contributed by atoms with Gasteiger partial charge in [-0.2, -0.15) is 0 Å². The number of nitrogens with one attached hydrogen (secondary N) is 2. The molecule has 0 spiro atoms. The van der Waals surface area contributed by atoms with Gasteiger partial charge in [-0.3, -0.25) is 9.59 Å². The Balaban J connectivity index is 3.86. The van der Waals surface area contributed by atoms with Gasteiger partial charge in [0.25, 0.3) is 0 Å². The van der Waals surface area contributed by atoms with Crippen LogP contribution in [0.4, 0.5) is 0 Å². The monoisotopic (exact) mass is 270 g/mol. The molecule has 4 heteroatoms. The van der Waals surface area contributed by atoms with E-state index < -0.39 is 0 Å². The molecule has 0 aromatic heterocycles. The van der Waals surface area contributed by atoms with Crippen LogP contribution in [0.3, 0.4) is 0 Å². The van der Waals surface area contributed by atoms with E-state index in [1.54, 1.807) is 0 Å². The van der Waals surface area contributed by atoms with Crippen molar-refractivity contribution < 1.29 is 9.59 Å². The van der Waals surface area contributed by atoms with Crippen molar-refractivity contribution in [2.45, 2.75) is 84.7 Å². The van der Waals surface area contributed by atoms with Crippen LogP contribution in [-0.2, 0) is 9.59 Å². The first kappa shape index (κ1) is 17.9. The summed E-state index contributed by atoms with van der Waals surface area (Å²) in [6.45, 7) is 6.19. The molecule has 0 heterocycles. The Bertz CT molecular complexity index is 231. The first-order valence-electron chi connectivity index (χ1n) is 7.72. The summed E-state index contributed by atoms with van der Waals surface area (Å²) in [6.07, 6.45) is 7.82. The molecule has 0 rings (SSSR count). The van der Waals surface area contributed by atoms with Crippen LogP contribution in [0.15, 0.2) is 0 Å². The number of carbonyl (C=O) groups excluding carboxylic acids is 2. The summed E-state index contributed by atoms with van der Waals surface area (Å²) in [5, 5.41) is 5.75. The molecule has 0 saturated heterocycles. The minimum absolute atomic E-state index is 0.0363. The predicted molar refractivity (Wildman–Crippen MR) is 78.6 cm³/mol. The number of unbranched alkanes of at least 4 members (excludes halogenated alkanes) is 4. The van der Waals surface area contributed by atoms with E-state index >= 15 is 0 Å². The third-order valence-corrected chi connectivity index (χ3v) is 3.09. The molecule has 0 aromatic carbocycles.